The molecule has 0 spiro atoms. The van der Waals surface area contributed by atoms with Crippen LogP contribution >= 0.6 is 0 Å². The van der Waals surface area contributed by atoms with Crippen molar-refractivity contribution in [1.82, 2.24) is 14.7 Å². The van der Waals surface area contributed by atoms with Crippen molar-refractivity contribution in [3.8, 4) is 11.5 Å². The Morgan fingerprint density at radius 1 is 1.14 bits per heavy atom. The van der Waals surface area contributed by atoms with Crippen LogP contribution in [0.2, 0.25) is 0 Å². The molecule has 154 valence electrons. The molecule has 0 unspecified atom stereocenters. The molecule has 0 atom stereocenters. The van der Waals surface area contributed by atoms with E-state index in [4.69, 9.17) is 9.47 Å². The highest BCUT2D eigenvalue weighted by atomic mass is 16.5. The quantitative estimate of drug-likeness (QED) is 0.624. The van der Waals surface area contributed by atoms with Crippen LogP contribution in [0.1, 0.15) is 0 Å². The molecule has 0 aliphatic carbocycles. The van der Waals surface area contributed by atoms with Gasteiger partial charge in [0.25, 0.3) is 0 Å². The molecular weight excluding hydrogens is 356 g/mol. The molecule has 1 heterocycles. The van der Waals surface area contributed by atoms with Gasteiger partial charge >= 0.3 is 6.03 Å². The zero-order valence-corrected chi connectivity index (χ0v) is 17.0. The Morgan fingerprint density at radius 2 is 1.82 bits per heavy atom. The van der Waals surface area contributed by atoms with Gasteiger partial charge in [0, 0.05) is 58.4 Å². The summed E-state index contributed by atoms with van der Waals surface area (Å²) in [6.07, 6.45) is 3.83. The summed E-state index contributed by atoms with van der Waals surface area (Å²) in [6.45, 7) is 14.4. The van der Waals surface area contributed by atoms with Gasteiger partial charge in [0.1, 0.15) is 11.5 Å². The number of urea groups is 1. The van der Waals surface area contributed by atoms with Crippen molar-refractivity contribution in [2.75, 3.05) is 71.9 Å². The molecule has 1 aromatic rings. The Bertz CT molecular complexity index is 647. The van der Waals surface area contributed by atoms with Crippen molar-refractivity contribution in [3.05, 3.63) is 43.5 Å². The number of rotatable bonds is 10. The minimum atomic E-state index is -0.119. The summed E-state index contributed by atoms with van der Waals surface area (Å²) in [4.78, 5) is 19.2. The first-order valence-electron chi connectivity index (χ1n) is 9.55. The third kappa shape index (κ3) is 6.28. The average molecular weight is 389 g/mol. The van der Waals surface area contributed by atoms with Gasteiger partial charge in [-0.1, -0.05) is 12.2 Å². The van der Waals surface area contributed by atoms with Gasteiger partial charge in [-0.05, 0) is 12.1 Å². The number of benzene rings is 1. The second kappa shape index (κ2) is 11.4. The van der Waals surface area contributed by atoms with E-state index in [1.165, 1.54) is 0 Å². The van der Waals surface area contributed by atoms with Crippen LogP contribution in [0.5, 0.6) is 11.5 Å². The van der Waals surface area contributed by atoms with Crippen LogP contribution in [0.4, 0.5) is 10.5 Å². The van der Waals surface area contributed by atoms with Gasteiger partial charge in [0.15, 0.2) is 0 Å². The summed E-state index contributed by atoms with van der Waals surface area (Å²) >= 11 is 0. The van der Waals surface area contributed by atoms with E-state index in [1.807, 2.05) is 17.1 Å². The lowest BCUT2D eigenvalue weighted by molar-refractivity contribution is 0.137. The highest BCUT2D eigenvalue weighted by Gasteiger charge is 2.22. The number of piperazine rings is 1. The van der Waals surface area contributed by atoms with E-state index >= 15 is 0 Å². The number of amides is 2. The molecule has 7 heteroatoms. The molecule has 1 aliphatic heterocycles. The minimum absolute atomic E-state index is 0.119. The fourth-order valence-corrected chi connectivity index (χ4v) is 3.19. The normalized spacial score (nSPS) is 14.6. The van der Waals surface area contributed by atoms with Gasteiger partial charge in [0.2, 0.25) is 0 Å². The molecule has 1 aliphatic rings. The summed E-state index contributed by atoms with van der Waals surface area (Å²) in [5.74, 6) is 1.28. The number of carbonyl (C=O) groups is 1. The number of methoxy groups -OCH3 is 2. The van der Waals surface area contributed by atoms with Crippen LogP contribution in [-0.4, -0.2) is 87.3 Å². The lowest BCUT2D eigenvalue weighted by Crippen LogP contribution is -2.51. The highest BCUT2D eigenvalue weighted by molar-refractivity contribution is 5.91. The predicted molar refractivity (Wildman–Crippen MR) is 113 cm³/mol. The topological polar surface area (TPSA) is 57.3 Å². The van der Waals surface area contributed by atoms with Crippen molar-refractivity contribution < 1.29 is 14.3 Å². The third-order valence-corrected chi connectivity index (χ3v) is 4.81. The molecule has 1 fully saturated rings. The van der Waals surface area contributed by atoms with Crippen LogP contribution < -0.4 is 14.8 Å². The Kier molecular flexibility index (Phi) is 8.84. The molecule has 0 saturated carbocycles. The highest BCUT2D eigenvalue weighted by Crippen LogP contribution is 2.29. The van der Waals surface area contributed by atoms with Gasteiger partial charge < -0.3 is 19.7 Å². The fraction of sp³-hybridized carbons (Fsp3) is 0.476. The number of hydrogen-bond acceptors (Lipinski definition) is 5. The van der Waals surface area contributed by atoms with Gasteiger partial charge in [-0.3, -0.25) is 9.80 Å². The van der Waals surface area contributed by atoms with E-state index in [0.29, 0.717) is 30.3 Å². The Morgan fingerprint density at radius 3 is 2.39 bits per heavy atom. The molecule has 2 rings (SSSR count). The third-order valence-electron chi connectivity index (χ3n) is 4.81. The average Bonchev–Trinajstić information content (AvgIpc) is 2.72. The largest absolute Gasteiger partial charge is 0.497 e. The van der Waals surface area contributed by atoms with Gasteiger partial charge in [-0.2, -0.15) is 0 Å². The van der Waals surface area contributed by atoms with Crippen molar-refractivity contribution >= 4 is 11.7 Å². The summed E-state index contributed by atoms with van der Waals surface area (Å²) in [7, 11) is 3.18. The molecule has 1 aromatic carbocycles. The van der Waals surface area contributed by atoms with Crippen molar-refractivity contribution in [1.29, 1.82) is 0 Å². The van der Waals surface area contributed by atoms with Crippen LogP contribution in [-0.2, 0) is 0 Å². The van der Waals surface area contributed by atoms with Crippen molar-refractivity contribution in [3.63, 3.8) is 0 Å². The predicted octanol–water partition coefficient (Wildman–Crippen LogP) is 2.53. The summed E-state index contributed by atoms with van der Waals surface area (Å²) in [6, 6.07) is 5.23. The monoisotopic (exact) mass is 388 g/mol. The van der Waals surface area contributed by atoms with Crippen LogP contribution in [0.25, 0.3) is 0 Å². The van der Waals surface area contributed by atoms with Crippen LogP contribution in [0, 0.1) is 0 Å². The smallest absolute Gasteiger partial charge is 0.322 e. The SMILES string of the molecule is C=CCN(CC=C)CCN1CCN(C(=O)Nc2cc(OC)ccc2OC)CC1. The molecule has 28 heavy (non-hydrogen) atoms. The van der Waals surface area contributed by atoms with Crippen LogP contribution in [0.3, 0.4) is 0 Å². The number of carbonyl (C=O) groups excluding carboxylic acids is 1. The van der Waals surface area contributed by atoms with Gasteiger partial charge in [0.05, 0.1) is 19.9 Å². The standard InChI is InChI=1S/C21H32N4O3/c1-5-9-23(10-6-2)11-12-24-13-15-25(16-14-24)21(26)22-19-17-18(27-3)7-8-20(19)28-4/h5-8,17H,1-2,9-16H2,3-4H3,(H,22,26). The Hall–Kier alpha value is -2.51. The first-order valence-corrected chi connectivity index (χ1v) is 9.55. The van der Waals surface area contributed by atoms with Crippen LogP contribution in [0.15, 0.2) is 43.5 Å². The summed E-state index contributed by atoms with van der Waals surface area (Å²) in [5, 5.41) is 2.94. The van der Waals surface area contributed by atoms with Crippen molar-refractivity contribution in [2.24, 2.45) is 0 Å². The second-order valence-electron chi connectivity index (χ2n) is 6.66. The number of nitrogens with zero attached hydrogens (tertiary/aromatic N) is 3. The summed E-state index contributed by atoms with van der Waals surface area (Å²) < 4.78 is 10.6. The second-order valence-corrected chi connectivity index (χ2v) is 6.66. The zero-order valence-electron chi connectivity index (χ0n) is 17.0. The minimum Gasteiger partial charge on any atom is -0.497 e. The molecule has 0 bridgehead atoms. The maximum Gasteiger partial charge on any atom is 0.322 e. The molecule has 1 saturated heterocycles. The van der Waals surface area contributed by atoms with Crippen molar-refractivity contribution in [2.45, 2.75) is 0 Å². The zero-order chi connectivity index (χ0) is 20.4. The number of hydrogen-bond donors (Lipinski definition) is 1. The Balaban J connectivity index is 1.83. The van der Waals surface area contributed by atoms with E-state index in [1.54, 1.807) is 32.4 Å². The molecule has 1 N–H and O–H groups in total. The lowest BCUT2D eigenvalue weighted by atomic mass is 10.2. The Labute approximate surface area is 168 Å². The number of ether oxygens (including phenoxy) is 2. The lowest BCUT2D eigenvalue weighted by Gasteiger charge is -2.35. The van der Waals surface area contributed by atoms with E-state index in [0.717, 1.165) is 39.3 Å². The summed E-state index contributed by atoms with van der Waals surface area (Å²) in [5.41, 5.74) is 0.610. The molecule has 0 radical (unpaired) electrons. The van der Waals surface area contributed by atoms with E-state index < -0.39 is 0 Å². The molecule has 2 amide bonds. The number of nitrogens with one attached hydrogen (secondary N) is 1. The van der Waals surface area contributed by atoms with Gasteiger partial charge in [-0.15, -0.1) is 13.2 Å². The van der Waals surface area contributed by atoms with E-state index in [-0.39, 0.29) is 6.03 Å². The molecule has 7 nitrogen and oxygen atoms in total. The van der Waals surface area contributed by atoms with E-state index in [9.17, 15) is 4.79 Å². The molecular formula is C21H32N4O3. The fourth-order valence-electron chi connectivity index (χ4n) is 3.19. The van der Waals surface area contributed by atoms with E-state index in [2.05, 4.69) is 28.3 Å². The maximum atomic E-state index is 12.6. The first kappa shape index (κ1) is 21.8. The maximum absolute atomic E-state index is 12.6. The number of anilines is 1. The van der Waals surface area contributed by atoms with Gasteiger partial charge in [-0.25, -0.2) is 4.79 Å². The molecule has 0 aromatic heterocycles. The first-order chi connectivity index (χ1) is 13.6.